The summed E-state index contributed by atoms with van der Waals surface area (Å²) in [6.07, 6.45) is 30.9. The van der Waals surface area contributed by atoms with E-state index in [1.807, 2.05) is 0 Å². The maximum atomic E-state index is 12.5. The van der Waals surface area contributed by atoms with Crippen LogP contribution in [-0.2, 0) is 14.3 Å². The Labute approximate surface area is 280 Å². The minimum Gasteiger partial charge on any atom is -0.481 e. The van der Waals surface area contributed by atoms with Crippen molar-refractivity contribution in [1.29, 1.82) is 0 Å². The van der Waals surface area contributed by atoms with E-state index in [2.05, 4.69) is 39.6 Å². The number of aliphatic carboxylic acids is 1. The van der Waals surface area contributed by atoms with Gasteiger partial charge in [-0.25, -0.2) is 0 Å². The van der Waals surface area contributed by atoms with Gasteiger partial charge < -0.3 is 14.7 Å². The number of likely N-dealkylation sites (tertiary alicyclic amines) is 1. The molecule has 0 aromatic rings. The molecule has 0 aromatic carbocycles. The second kappa shape index (κ2) is 28.0. The van der Waals surface area contributed by atoms with Crippen molar-refractivity contribution in [2.75, 3.05) is 20.2 Å². The second-order valence-corrected chi connectivity index (χ2v) is 14.8. The molecular formula is C40H77NO4. The molecule has 0 saturated carbocycles. The quantitative estimate of drug-likeness (QED) is 0.0628. The van der Waals surface area contributed by atoms with Crippen LogP contribution in [0, 0.1) is 23.7 Å². The molecule has 0 spiro atoms. The van der Waals surface area contributed by atoms with Crippen LogP contribution < -0.4 is 0 Å². The molecule has 0 aliphatic carbocycles. The van der Waals surface area contributed by atoms with E-state index < -0.39 is 5.97 Å². The number of hydrogen-bond donors (Lipinski definition) is 1. The third kappa shape index (κ3) is 20.7. The third-order valence-corrected chi connectivity index (χ3v) is 10.7. The highest BCUT2D eigenvalue weighted by Gasteiger charge is 2.34. The Morgan fingerprint density at radius 3 is 1.73 bits per heavy atom. The topological polar surface area (TPSA) is 66.8 Å². The van der Waals surface area contributed by atoms with Crippen molar-refractivity contribution >= 4 is 11.9 Å². The minimum absolute atomic E-state index is 0.00120. The van der Waals surface area contributed by atoms with Crippen LogP contribution in [0.2, 0.25) is 0 Å². The number of nitrogens with zero attached hydrogens (tertiary/aromatic N) is 1. The van der Waals surface area contributed by atoms with Crippen LogP contribution in [0.25, 0.3) is 0 Å². The molecule has 1 aliphatic rings. The molecule has 266 valence electrons. The molecule has 0 radical (unpaired) electrons. The molecule has 1 fully saturated rings. The van der Waals surface area contributed by atoms with Crippen molar-refractivity contribution in [3.8, 4) is 0 Å². The molecule has 5 nitrogen and oxygen atoms in total. The van der Waals surface area contributed by atoms with Crippen molar-refractivity contribution in [2.24, 2.45) is 23.7 Å². The standard InChI is InChI=1S/C40H77NO4/c1-6-10-11-12-13-14-17-20-26-36(38-32-37(40(43)44)29-30-41(38)5)27-21-18-15-16-19-22-28-39(42)45-33-35(25-9-4)31-34(23-7-2)24-8-3/h34-38H,6-33H2,1-5H3,(H,43,44). The summed E-state index contributed by atoms with van der Waals surface area (Å²) in [5.41, 5.74) is 0. The first-order valence-electron chi connectivity index (χ1n) is 19.9. The summed E-state index contributed by atoms with van der Waals surface area (Å²) < 4.78 is 5.76. The van der Waals surface area contributed by atoms with Gasteiger partial charge in [0.2, 0.25) is 0 Å². The molecular weight excluding hydrogens is 558 g/mol. The van der Waals surface area contributed by atoms with Gasteiger partial charge >= 0.3 is 11.9 Å². The Bertz CT molecular complexity index is 706. The Balaban J connectivity index is 2.34. The number of rotatable bonds is 30. The van der Waals surface area contributed by atoms with E-state index in [1.54, 1.807) is 0 Å². The first-order valence-corrected chi connectivity index (χ1v) is 19.9. The number of unbranched alkanes of at least 4 members (excludes halogenated alkanes) is 12. The number of ether oxygens (including phenoxy) is 1. The molecule has 1 aliphatic heterocycles. The molecule has 0 aromatic heterocycles. The fourth-order valence-electron chi connectivity index (χ4n) is 7.97. The fourth-order valence-corrected chi connectivity index (χ4v) is 7.97. The maximum absolute atomic E-state index is 12.5. The lowest BCUT2D eigenvalue weighted by molar-refractivity contribution is -0.146. The van der Waals surface area contributed by atoms with Gasteiger partial charge in [-0.3, -0.25) is 9.59 Å². The first-order chi connectivity index (χ1) is 21.9. The van der Waals surface area contributed by atoms with Gasteiger partial charge in [0.15, 0.2) is 0 Å². The SMILES string of the molecule is CCCCCCCCCCC(CCCCCCCCC(=O)OCC(CCC)CC(CCC)CCC)C1CC(C(=O)O)CCN1C. The van der Waals surface area contributed by atoms with Crippen molar-refractivity contribution in [3.63, 3.8) is 0 Å². The van der Waals surface area contributed by atoms with Crippen molar-refractivity contribution in [2.45, 2.75) is 201 Å². The van der Waals surface area contributed by atoms with E-state index >= 15 is 0 Å². The van der Waals surface area contributed by atoms with Crippen LogP contribution in [0.15, 0.2) is 0 Å². The number of carbonyl (C=O) groups is 2. The summed E-state index contributed by atoms with van der Waals surface area (Å²) in [6, 6.07) is 0.413. The lowest BCUT2D eigenvalue weighted by atomic mass is 9.79. The van der Waals surface area contributed by atoms with Crippen LogP contribution >= 0.6 is 0 Å². The van der Waals surface area contributed by atoms with Crippen molar-refractivity contribution in [1.82, 2.24) is 4.90 Å². The van der Waals surface area contributed by atoms with Crippen molar-refractivity contribution in [3.05, 3.63) is 0 Å². The first kappa shape index (κ1) is 41.9. The third-order valence-electron chi connectivity index (χ3n) is 10.7. The van der Waals surface area contributed by atoms with Gasteiger partial charge in [0.05, 0.1) is 12.5 Å². The highest BCUT2D eigenvalue weighted by Crippen LogP contribution is 2.33. The summed E-state index contributed by atoms with van der Waals surface area (Å²) >= 11 is 0. The van der Waals surface area contributed by atoms with E-state index in [4.69, 9.17) is 4.74 Å². The van der Waals surface area contributed by atoms with Gasteiger partial charge in [0, 0.05) is 12.5 Å². The zero-order chi connectivity index (χ0) is 33.1. The zero-order valence-electron chi connectivity index (χ0n) is 30.8. The highest BCUT2D eigenvalue weighted by atomic mass is 16.5. The van der Waals surface area contributed by atoms with Crippen LogP contribution in [0.1, 0.15) is 195 Å². The lowest BCUT2D eigenvalue weighted by Gasteiger charge is -2.40. The molecule has 1 N–H and O–H groups in total. The summed E-state index contributed by atoms with van der Waals surface area (Å²) in [7, 11) is 2.22. The monoisotopic (exact) mass is 636 g/mol. The Hall–Kier alpha value is -1.10. The van der Waals surface area contributed by atoms with Gasteiger partial charge in [0.1, 0.15) is 0 Å². The van der Waals surface area contributed by atoms with Gasteiger partial charge in [0.25, 0.3) is 0 Å². The fraction of sp³-hybridized carbons (Fsp3) is 0.950. The van der Waals surface area contributed by atoms with E-state index in [0.29, 0.717) is 30.9 Å². The van der Waals surface area contributed by atoms with Crippen molar-refractivity contribution < 1.29 is 19.4 Å². The van der Waals surface area contributed by atoms with Crippen LogP contribution in [0.5, 0.6) is 0 Å². The minimum atomic E-state index is -0.601. The van der Waals surface area contributed by atoms with Crippen LogP contribution in [0.4, 0.5) is 0 Å². The Kier molecular flexibility index (Phi) is 26.0. The molecule has 4 atom stereocenters. The molecule has 1 heterocycles. The van der Waals surface area contributed by atoms with Crippen LogP contribution in [-0.4, -0.2) is 48.2 Å². The highest BCUT2D eigenvalue weighted by molar-refractivity contribution is 5.70. The molecule has 4 unspecified atom stereocenters. The van der Waals surface area contributed by atoms with Gasteiger partial charge in [-0.05, 0) is 76.3 Å². The van der Waals surface area contributed by atoms with E-state index in [-0.39, 0.29) is 11.9 Å². The molecule has 45 heavy (non-hydrogen) atoms. The molecule has 5 heteroatoms. The summed E-state index contributed by atoms with van der Waals surface area (Å²) in [4.78, 5) is 26.7. The summed E-state index contributed by atoms with van der Waals surface area (Å²) in [6.45, 7) is 10.6. The molecule has 1 rings (SSSR count). The summed E-state index contributed by atoms with van der Waals surface area (Å²) in [5, 5.41) is 9.71. The number of esters is 1. The number of carboxylic acid groups (broad SMARTS) is 1. The smallest absolute Gasteiger partial charge is 0.306 e. The molecule has 1 saturated heterocycles. The van der Waals surface area contributed by atoms with Gasteiger partial charge in [-0.2, -0.15) is 0 Å². The van der Waals surface area contributed by atoms with E-state index in [9.17, 15) is 14.7 Å². The van der Waals surface area contributed by atoms with Gasteiger partial charge in [-0.15, -0.1) is 0 Å². The molecule has 0 bridgehead atoms. The predicted octanol–water partition coefficient (Wildman–Crippen LogP) is 11.6. The zero-order valence-corrected chi connectivity index (χ0v) is 30.8. The maximum Gasteiger partial charge on any atom is 0.306 e. The lowest BCUT2D eigenvalue weighted by Crippen LogP contribution is -2.46. The Morgan fingerprint density at radius 2 is 1.20 bits per heavy atom. The number of hydrogen-bond acceptors (Lipinski definition) is 4. The van der Waals surface area contributed by atoms with E-state index in [0.717, 1.165) is 51.0 Å². The molecule has 0 amide bonds. The van der Waals surface area contributed by atoms with Crippen LogP contribution in [0.3, 0.4) is 0 Å². The number of piperidine rings is 1. The average Bonchev–Trinajstić information content (AvgIpc) is 3.02. The largest absolute Gasteiger partial charge is 0.481 e. The summed E-state index contributed by atoms with van der Waals surface area (Å²) in [5.74, 6) is 1.14. The Morgan fingerprint density at radius 1 is 0.689 bits per heavy atom. The number of carboxylic acids is 1. The van der Waals surface area contributed by atoms with Gasteiger partial charge in [-0.1, -0.05) is 143 Å². The predicted molar refractivity (Wildman–Crippen MR) is 192 cm³/mol. The normalized spacial score (nSPS) is 18.7. The second-order valence-electron chi connectivity index (χ2n) is 14.8. The number of carbonyl (C=O) groups excluding carboxylic acids is 1. The van der Waals surface area contributed by atoms with E-state index in [1.165, 1.54) is 122 Å². The average molecular weight is 636 g/mol.